The average Bonchev–Trinajstić information content (AvgIpc) is 2.70. The van der Waals surface area contributed by atoms with Crippen LogP contribution in [0.2, 0.25) is 10.0 Å². The molecule has 1 atom stereocenters. The van der Waals surface area contributed by atoms with Crippen LogP contribution in [0.1, 0.15) is 32.1 Å². The smallest absolute Gasteiger partial charge is 0.222 e. The molecule has 0 aliphatic carbocycles. The molecule has 1 heterocycles. The Labute approximate surface area is 141 Å². The van der Waals surface area contributed by atoms with Gasteiger partial charge < -0.3 is 14.7 Å². The van der Waals surface area contributed by atoms with Crippen LogP contribution in [0.5, 0.6) is 5.75 Å². The summed E-state index contributed by atoms with van der Waals surface area (Å²) in [5, 5.41) is 10.6. The molecule has 0 radical (unpaired) electrons. The lowest BCUT2D eigenvalue weighted by molar-refractivity contribution is -0.131. The van der Waals surface area contributed by atoms with E-state index >= 15 is 0 Å². The third kappa shape index (κ3) is 5.34. The summed E-state index contributed by atoms with van der Waals surface area (Å²) in [5.74, 6) is 0.705. The number of carbonyl (C=O) groups excluding carboxylic acids is 1. The van der Waals surface area contributed by atoms with E-state index in [2.05, 4.69) is 0 Å². The standard InChI is InChI=1S/C16H21Cl2NO3/c17-12-5-6-15(14(18)11-12)22-10-2-4-16(21)19-8-1-3-13(20)7-9-19/h5-6,11,13,20H,1-4,7-10H2. The molecule has 122 valence electrons. The number of aliphatic hydroxyl groups is 1. The van der Waals surface area contributed by atoms with E-state index in [1.165, 1.54) is 0 Å². The van der Waals surface area contributed by atoms with E-state index in [-0.39, 0.29) is 12.0 Å². The number of ether oxygens (including phenoxy) is 1. The second-order valence-electron chi connectivity index (χ2n) is 5.49. The first kappa shape index (κ1) is 17.4. The minimum absolute atomic E-state index is 0.125. The van der Waals surface area contributed by atoms with Crippen LogP contribution in [0, 0.1) is 0 Å². The molecule has 1 fully saturated rings. The van der Waals surface area contributed by atoms with E-state index in [4.69, 9.17) is 27.9 Å². The Bertz CT molecular complexity index is 510. The van der Waals surface area contributed by atoms with Gasteiger partial charge >= 0.3 is 0 Å². The van der Waals surface area contributed by atoms with Crippen molar-refractivity contribution in [1.29, 1.82) is 0 Å². The summed E-state index contributed by atoms with van der Waals surface area (Å²) in [5.41, 5.74) is 0. The van der Waals surface area contributed by atoms with Gasteiger partial charge in [-0.3, -0.25) is 4.79 Å². The molecule has 22 heavy (non-hydrogen) atoms. The minimum Gasteiger partial charge on any atom is -0.492 e. The number of hydrogen-bond acceptors (Lipinski definition) is 3. The minimum atomic E-state index is -0.270. The number of amides is 1. The maximum atomic E-state index is 12.1. The summed E-state index contributed by atoms with van der Waals surface area (Å²) in [6, 6.07) is 5.07. The Morgan fingerprint density at radius 2 is 2.14 bits per heavy atom. The van der Waals surface area contributed by atoms with E-state index < -0.39 is 0 Å². The Kier molecular flexibility index (Phi) is 6.80. The summed E-state index contributed by atoms with van der Waals surface area (Å²) < 4.78 is 5.57. The lowest BCUT2D eigenvalue weighted by Crippen LogP contribution is -2.32. The Morgan fingerprint density at radius 1 is 1.32 bits per heavy atom. The Morgan fingerprint density at radius 3 is 2.91 bits per heavy atom. The molecule has 1 aromatic carbocycles. The van der Waals surface area contributed by atoms with E-state index in [9.17, 15) is 9.90 Å². The highest BCUT2D eigenvalue weighted by Gasteiger charge is 2.18. The molecular formula is C16H21Cl2NO3. The summed E-state index contributed by atoms with van der Waals surface area (Å²) >= 11 is 11.8. The van der Waals surface area contributed by atoms with Crippen LogP contribution in [-0.4, -0.2) is 41.7 Å². The topological polar surface area (TPSA) is 49.8 Å². The van der Waals surface area contributed by atoms with Gasteiger partial charge in [0, 0.05) is 24.5 Å². The first-order chi connectivity index (χ1) is 10.6. The van der Waals surface area contributed by atoms with Crippen LogP contribution in [-0.2, 0) is 4.79 Å². The van der Waals surface area contributed by atoms with Crippen molar-refractivity contribution in [1.82, 2.24) is 4.90 Å². The number of aliphatic hydroxyl groups excluding tert-OH is 1. The second-order valence-corrected chi connectivity index (χ2v) is 6.34. The van der Waals surface area contributed by atoms with Gasteiger partial charge in [-0.1, -0.05) is 23.2 Å². The van der Waals surface area contributed by atoms with Crippen molar-refractivity contribution in [2.45, 2.75) is 38.2 Å². The van der Waals surface area contributed by atoms with Crippen LogP contribution < -0.4 is 4.74 Å². The third-order valence-electron chi connectivity index (χ3n) is 3.74. The molecule has 1 aliphatic heterocycles. The van der Waals surface area contributed by atoms with Crippen LogP contribution in [0.4, 0.5) is 0 Å². The number of hydrogen-bond donors (Lipinski definition) is 1. The largest absolute Gasteiger partial charge is 0.492 e. The number of likely N-dealkylation sites (tertiary alicyclic amines) is 1. The van der Waals surface area contributed by atoms with Gasteiger partial charge in [-0.25, -0.2) is 0 Å². The summed E-state index contributed by atoms with van der Waals surface area (Å²) in [7, 11) is 0. The summed E-state index contributed by atoms with van der Waals surface area (Å²) in [6.07, 6.45) is 3.13. The molecule has 4 nitrogen and oxygen atoms in total. The quantitative estimate of drug-likeness (QED) is 0.830. The highest BCUT2D eigenvalue weighted by Crippen LogP contribution is 2.27. The number of nitrogens with zero attached hydrogens (tertiary/aromatic N) is 1. The predicted octanol–water partition coefficient (Wildman–Crippen LogP) is 3.53. The van der Waals surface area contributed by atoms with Crippen molar-refractivity contribution in [3.05, 3.63) is 28.2 Å². The molecule has 1 aliphatic rings. The number of carbonyl (C=O) groups is 1. The van der Waals surface area contributed by atoms with E-state index in [1.54, 1.807) is 18.2 Å². The van der Waals surface area contributed by atoms with Gasteiger partial charge in [-0.15, -0.1) is 0 Å². The highest BCUT2D eigenvalue weighted by atomic mass is 35.5. The molecule has 0 spiro atoms. The van der Waals surface area contributed by atoms with Crippen molar-refractivity contribution in [3.8, 4) is 5.75 Å². The molecule has 6 heteroatoms. The molecule has 1 aromatic rings. The van der Waals surface area contributed by atoms with Crippen LogP contribution >= 0.6 is 23.2 Å². The fourth-order valence-corrected chi connectivity index (χ4v) is 2.95. The zero-order valence-electron chi connectivity index (χ0n) is 12.4. The first-order valence-electron chi connectivity index (χ1n) is 7.60. The van der Waals surface area contributed by atoms with Crippen molar-refractivity contribution in [2.75, 3.05) is 19.7 Å². The molecule has 0 aromatic heterocycles. The monoisotopic (exact) mass is 345 g/mol. The van der Waals surface area contributed by atoms with Gasteiger partial charge in [0.15, 0.2) is 0 Å². The first-order valence-corrected chi connectivity index (χ1v) is 8.35. The molecule has 1 amide bonds. The highest BCUT2D eigenvalue weighted by molar-refractivity contribution is 6.35. The Balaban J connectivity index is 1.70. The SMILES string of the molecule is O=C(CCCOc1ccc(Cl)cc1Cl)N1CCCC(O)CC1. The van der Waals surface area contributed by atoms with Crippen molar-refractivity contribution < 1.29 is 14.6 Å². The number of benzene rings is 1. The fraction of sp³-hybridized carbons (Fsp3) is 0.562. The van der Waals surface area contributed by atoms with E-state index in [0.29, 0.717) is 48.2 Å². The third-order valence-corrected chi connectivity index (χ3v) is 4.27. The maximum absolute atomic E-state index is 12.1. The molecule has 0 saturated carbocycles. The predicted molar refractivity (Wildman–Crippen MR) is 87.6 cm³/mol. The van der Waals surface area contributed by atoms with Gasteiger partial charge in [-0.2, -0.15) is 0 Å². The number of halogens is 2. The van der Waals surface area contributed by atoms with Gasteiger partial charge in [0.25, 0.3) is 0 Å². The molecule has 0 bridgehead atoms. The molecule has 2 rings (SSSR count). The average molecular weight is 346 g/mol. The zero-order valence-corrected chi connectivity index (χ0v) is 13.9. The Hall–Kier alpha value is -0.970. The van der Waals surface area contributed by atoms with Crippen LogP contribution in [0.25, 0.3) is 0 Å². The molecular weight excluding hydrogens is 325 g/mol. The molecule has 1 unspecified atom stereocenters. The van der Waals surface area contributed by atoms with Crippen LogP contribution in [0.3, 0.4) is 0 Å². The zero-order chi connectivity index (χ0) is 15.9. The summed E-state index contributed by atoms with van der Waals surface area (Å²) in [6.45, 7) is 1.81. The van der Waals surface area contributed by atoms with Gasteiger partial charge in [0.1, 0.15) is 5.75 Å². The summed E-state index contributed by atoms with van der Waals surface area (Å²) in [4.78, 5) is 14.0. The normalized spacial score (nSPS) is 18.9. The van der Waals surface area contributed by atoms with Crippen molar-refractivity contribution >= 4 is 29.1 Å². The maximum Gasteiger partial charge on any atom is 0.222 e. The van der Waals surface area contributed by atoms with Crippen molar-refractivity contribution in [3.63, 3.8) is 0 Å². The van der Waals surface area contributed by atoms with Gasteiger partial charge in [0.2, 0.25) is 5.91 Å². The van der Waals surface area contributed by atoms with Crippen molar-refractivity contribution in [2.24, 2.45) is 0 Å². The lowest BCUT2D eigenvalue weighted by atomic mass is 10.2. The van der Waals surface area contributed by atoms with E-state index in [0.717, 1.165) is 19.4 Å². The molecule has 1 N–H and O–H groups in total. The molecule has 1 saturated heterocycles. The second kappa shape index (κ2) is 8.61. The lowest BCUT2D eigenvalue weighted by Gasteiger charge is -2.20. The van der Waals surface area contributed by atoms with Gasteiger partial charge in [-0.05, 0) is 43.9 Å². The van der Waals surface area contributed by atoms with Gasteiger partial charge in [0.05, 0.1) is 17.7 Å². The fourth-order valence-electron chi connectivity index (χ4n) is 2.48. The number of rotatable bonds is 5. The van der Waals surface area contributed by atoms with Crippen LogP contribution in [0.15, 0.2) is 18.2 Å². The van der Waals surface area contributed by atoms with E-state index in [1.807, 2.05) is 4.90 Å².